The van der Waals surface area contributed by atoms with Gasteiger partial charge in [-0.1, -0.05) is 54.1 Å². The Balaban J connectivity index is 1.45. The van der Waals surface area contributed by atoms with Crippen LogP contribution in [0.25, 0.3) is 6.08 Å². The maximum absolute atomic E-state index is 12.5. The zero-order chi connectivity index (χ0) is 21.1. The molecule has 30 heavy (non-hydrogen) atoms. The molecule has 4 rings (SSSR count). The second-order valence-corrected chi connectivity index (χ2v) is 7.12. The van der Waals surface area contributed by atoms with Crippen LogP contribution in [-0.2, 0) is 4.79 Å². The molecular formula is C24H16ClNO4. The average Bonchev–Trinajstić information content (AvgIpc) is 2.98. The molecule has 0 atom stereocenters. The lowest BCUT2D eigenvalue weighted by Crippen LogP contribution is -2.20. The topological polar surface area (TPSA) is 72.5 Å². The Morgan fingerprint density at radius 1 is 0.900 bits per heavy atom. The molecule has 0 fully saturated rings. The van der Waals surface area contributed by atoms with Gasteiger partial charge in [0.2, 0.25) is 0 Å². The van der Waals surface area contributed by atoms with Gasteiger partial charge >= 0.3 is 0 Å². The van der Waals surface area contributed by atoms with Gasteiger partial charge in [-0.3, -0.25) is 14.4 Å². The maximum Gasteiger partial charge on any atom is 0.262 e. The van der Waals surface area contributed by atoms with Crippen molar-refractivity contribution < 1.29 is 19.1 Å². The largest absolute Gasteiger partial charge is 0.484 e. The smallest absolute Gasteiger partial charge is 0.262 e. The molecule has 0 aromatic heterocycles. The first-order chi connectivity index (χ1) is 14.5. The van der Waals surface area contributed by atoms with E-state index in [1.54, 1.807) is 78.9 Å². The van der Waals surface area contributed by atoms with Crippen molar-refractivity contribution in [1.82, 2.24) is 0 Å². The molecule has 0 aliphatic heterocycles. The predicted molar refractivity (Wildman–Crippen MR) is 115 cm³/mol. The Hall–Kier alpha value is -3.70. The van der Waals surface area contributed by atoms with E-state index in [1.165, 1.54) is 0 Å². The van der Waals surface area contributed by atoms with E-state index in [2.05, 4.69) is 5.32 Å². The lowest BCUT2D eigenvalue weighted by Gasteiger charge is -2.08. The number of rotatable bonds is 5. The van der Waals surface area contributed by atoms with Crippen molar-refractivity contribution >= 4 is 40.8 Å². The van der Waals surface area contributed by atoms with Crippen LogP contribution in [0.5, 0.6) is 5.75 Å². The quantitative estimate of drug-likeness (QED) is 0.477. The first-order valence-electron chi connectivity index (χ1n) is 9.20. The number of Topliss-reactive ketones (excluding diaryl/α,β-unsaturated/α-hetero) is 2. The number of benzene rings is 3. The SMILES string of the molecule is O=C(COc1cccc(C=C2C(=O)c3ccccc3C2=O)c1)Nc1cccc(Cl)c1. The van der Waals surface area contributed by atoms with Gasteiger partial charge in [0.05, 0.1) is 5.57 Å². The number of amides is 1. The summed E-state index contributed by atoms with van der Waals surface area (Å²) in [4.78, 5) is 37.1. The van der Waals surface area contributed by atoms with Gasteiger partial charge < -0.3 is 10.1 Å². The molecule has 148 valence electrons. The van der Waals surface area contributed by atoms with Crippen molar-refractivity contribution in [2.24, 2.45) is 0 Å². The summed E-state index contributed by atoms with van der Waals surface area (Å²) < 4.78 is 5.55. The molecule has 0 bridgehead atoms. The second kappa shape index (κ2) is 8.35. The summed E-state index contributed by atoms with van der Waals surface area (Å²) in [6.45, 7) is -0.199. The normalized spacial score (nSPS) is 12.5. The Kier molecular flexibility index (Phi) is 5.46. The van der Waals surface area contributed by atoms with Gasteiger partial charge in [-0.05, 0) is 42.0 Å². The molecule has 3 aromatic rings. The van der Waals surface area contributed by atoms with Gasteiger partial charge in [0.1, 0.15) is 5.75 Å². The highest BCUT2D eigenvalue weighted by Gasteiger charge is 2.32. The summed E-state index contributed by atoms with van der Waals surface area (Å²) >= 11 is 5.90. The second-order valence-electron chi connectivity index (χ2n) is 6.68. The van der Waals surface area contributed by atoms with Gasteiger partial charge in [0.15, 0.2) is 18.2 Å². The van der Waals surface area contributed by atoms with Crippen LogP contribution in [0.3, 0.4) is 0 Å². The number of carbonyl (C=O) groups is 3. The van der Waals surface area contributed by atoms with E-state index >= 15 is 0 Å². The minimum absolute atomic E-state index is 0.118. The molecule has 6 heteroatoms. The number of nitrogens with one attached hydrogen (secondary N) is 1. The van der Waals surface area contributed by atoms with Gasteiger partial charge in [0, 0.05) is 21.8 Å². The first kappa shape index (κ1) is 19.6. The fourth-order valence-electron chi connectivity index (χ4n) is 3.18. The molecule has 0 spiro atoms. The minimum Gasteiger partial charge on any atom is -0.484 e. The first-order valence-corrected chi connectivity index (χ1v) is 9.57. The minimum atomic E-state index is -0.336. The number of hydrogen-bond donors (Lipinski definition) is 1. The standard InChI is InChI=1S/C24H16ClNO4/c25-16-6-4-7-17(13-16)26-22(27)14-30-18-8-3-5-15(11-18)12-21-23(28)19-9-1-2-10-20(19)24(21)29/h1-13H,14H2,(H,26,27). The summed E-state index contributed by atoms with van der Waals surface area (Å²) in [5, 5.41) is 3.22. The van der Waals surface area contributed by atoms with Gasteiger partial charge in [0.25, 0.3) is 5.91 Å². The van der Waals surface area contributed by atoms with Crippen molar-refractivity contribution in [3.63, 3.8) is 0 Å². The number of ketones is 2. The van der Waals surface area contributed by atoms with E-state index in [4.69, 9.17) is 16.3 Å². The van der Waals surface area contributed by atoms with Crippen LogP contribution in [0.1, 0.15) is 26.3 Å². The van der Waals surface area contributed by atoms with E-state index < -0.39 is 0 Å². The fraction of sp³-hybridized carbons (Fsp3) is 0.0417. The van der Waals surface area contributed by atoms with Crippen LogP contribution in [0.2, 0.25) is 5.02 Å². The molecule has 1 N–H and O–H groups in total. The van der Waals surface area contributed by atoms with Gasteiger partial charge in [-0.15, -0.1) is 0 Å². The Morgan fingerprint density at radius 3 is 2.30 bits per heavy atom. The van der Waals surface area contributed by atoms with Crippen molar-refractivity contribution in [2.45, 2.75) is 0 Å². The zero-order valence-electron chi connectivity index (χ0n) is 15.7. The molecular weight excluding hydrogens is 402 g/mol. The van der Waals surface area contributed by atoms with E-state index in [0.717, 1.165) is 0 Å². The van der Waals surface area contributed by atoms with Crippen LogP contribution < -0.4 is 10.1 Å². The summed E-state index contributed by atoms with van der Waals surface area (Å²) in [5.41, 5.74) is 2.16. The third-order valence-electron chi connectivity index (χ3n) is 4.55. The number of halogens is 1. The molecule has 1 amide bonds. The molecule has 0 saturated carbocycles. The molecule has 1 aliphatic carbocycles. The summed E-state index contributed by atoms with van der Waals surface area (Å²) in [6.07, 6.45) is 1.55. The number of hydrogen-bond acceptors (Lipinski definition) is 4. The summed E-state index contributed by atoms with van der Waals surface area (Å²) in [5.74, 6) is -0.468. The van der Waals surface area contributed by atoms with E-state index in [1.807, 2.05) is 0 Å². The molecule has 0 unspecified atom stereocenters. The highest BCUT2D eigenvalue weighted by molar-refractivity contribution is 6.41. The molecule has 0 saturated heterocycles. The van der Waals surface area contributed by atoms with Gasteiger partial charge in [-0.25, -0.2) is 0 Å². The van der Waals surface area contributed by atoms with E-state index in [-0.39, 0.29) is 29.7 Å². The summed E-state index contributed by atoms with van der Waals surface area (Å²) in [7, 11) is 0. The van der Waals surface area contributed by atoms with Crippen LogP contribution in [0, 0.1) is 0 Å². The molecule has 3 aromatic carbocycles. The van der Waals surface area contributed by atoms with Crippen LogP contribution in [0.4, 0.5) is 5.69 Å². The number of allylic oxidation sites excluding steroid dienone is 1. The van der Waals surface area contributed by atoms with Crippen LogP contribution in [-0.4, -0.2) is 24.1 Å². The lowest BCUT2D eigenvalue weighted by molar-refractivity contribution is -0.118. The molecule has 0 radical (unpaired) electrons. The highest BCUT2D eigenvalue weighted by atomic mass is 35.5. The van der Waals surface area contributed by atoms with Crippen LogP contribution >= 0.6 is 11.6 Å². The lowest BCUT2D eigenvalue weighted by atomic mass is 10.1. The van der Waals surface area contributed by atoms with Crippen molar-refractivity contribution in [2.75, 3.05) is 11.9 Å². The number of carbonyl (C=O) groups excluding carboxylic acids is 3. The third kappa shape index (κ3) is 4.16. The molecule has 5 nitrogen and oxygen atoms in total. The van der Waals surface area contributed by atoms with E-state index in [0.29, 0.717) is 33.1 Å². The molecule has 1 aliphatic rings. The van der Waals surface area contributed by atoms with Crippen molar-refractivity contribution in [3.05, 3.63) is 100 Å². The molecule has 0 heterocycles. The van der Waals surface area contributed by atoms with Crippen LogP contribution in [0.15, 0.2) is 78.4 Å². The van der Waals surface area contributed by atoms with Gasteiger partial charge in [-0.2, -0.15) is 0 Å². The number of anilines is 1. The fourth-order valence-corrected chi connectivity index (χ4v) is 3.37. The Bertz CT molecular complexity index is 1160. The van der Waals surface area contributed by atoms with E-state index in [9.17, 15) is 14.4 Å². The number of ether oxygens (including phenoxy) is 1. The predicted octanol–water partition coefficient (Wildman–Crippen LogP) is 4.82. The highest BCUT2D eigenvalue weighted by Crippen LogP contribution is 2.28. The van der Waals surface area contributed by atoms with Crippen molar-refractivity contribution in [3.8, 4) is 5.75 Å². The third-order valence-corrected chi connectivity index (χ3v) is 4.79. The Morgan fingerprint density at radius 2 is 1.60 bits per heavy atom. The maximum atomic E-state index is 12.5. The average molecular weight is 418 g/mol. The number of fused-ring (bicyclic) bond motifs is 1. The zero-order valence-corrected chi connectivity index (χ0v) is 16.5. The monoisotopic (exact) mass is 417 g/mol. The summed E-state index contributed by atoms with van der Waals surface area (Å²) in [6, 6.07) is 20.4. The Labute approximate surface area is 177 Å². The van der Waals surface area contributed by atoms with Crippen molar-refractivity contribution in [1.29, 1.82) is 0 Å².